The van der Waals surface area contributed by atoms with Gasteiger partial charge < -0.3 is 26.2 Å². The normalized spacial score (nSPS) is 24.9. The number of carbonyl (C=O) groups is 1. The van der Waals surface area contributed by atoms with Crippen molar-refractivity contribution in [1.29, 1.82) is 0 Å². The molecule has 0 aliphatic carbocycles. The van der Waals surface area contributed by atoms with E-state index < -0.39 is 6.09 Å². The van der Waals surface area contributed by atoms with Crippen LogP contribution in [0.3, 0.4) is 0 Å². The van der Waals surface area contributed by atoms with E-state index in [9.17, 15) is 9.18 Å². The van der Waals surface area contributed by atoms with E-state index >= 15 is 0 Å². The Morgan fingerprint density at radius 1 is 1.07 bits per heavy atom. The van der Waals surface area contributed by atoms with Crippen molar-refractivity contribution in [3.05, 3.63) is 54.3 Å². The smallest absolute Gasteiger partial charge is 0.411 e. The maximum atomic E-state index is 13.8. The number of rotatable bonds is 3. The van der Waals surface area contributed by atoms with Gasteiger partial charge >= 0.3 is 6.09 Å². The van der Waals surface area contributed by atoms with Crippen molar-refractivity contribution in [2.24, 2.45) is 0 Å². The zero-order chi connectivity index (χ0) is 19.0. The third kappa shape index (κ3) is 4.08. The second-order valence-corrected chi connectivity index (χ2v) is 8.19. The van der Waals surface area contributed by atoms with E-state index in [2.05, 4.69) is 19.4 Å². The fraction of sp³-hybridized carbons (Fsp3) is 0.409. The largest absolute Gasteiger partial charge is 1.00 e. The minimum absolute atomic E-state index is 0. The molecule has 2 aliphatic rings. The highest BCUT2D eigenvalue weighted by Gasteiger charge is 2.49. The van der Waals surface area contributed by atoms with Gasteiger partial charge in [-0.2, -0.15) is 0 Å². The third-order valence-electron chi connectivity index (χ3n) is 6.36. The molecule has 3 atom stereocenters. The average Bonchev–Trinajstić information content (AvgIpc) is 2.81. The summed E-state index contributed by atoms with van der Waals surface area (Å²) in [6.45, 7) is 0. The van der Waals surface area contributed by atoms with E-state index in [0.29, 0.717) is 23.3 Å². The number of carbonyl (C=O) groups excluding carboxylic acids is 1. The Morgan fingerprint density at radius 2 is 1.71 bits per heavy atom. The molecule has 0 unspecified atom stereocenters. The van der Waals surface area contributed by atoms with Crippen molar-refractivity contribution in [2.45, 2.75) is 43.9 Å². The van der Waals surface area contributed by atoms with Gasteiger partial charge in [-0.05, 0) is 23.8 Å². The van der Waals surface area contributed by atoms with Crippen LogP contribution in [0.1, 0.15) is 25.7 Å². The monoisotopic (exact) mass is 448 g/mol. The van der Waals surface area contributed by atoms with E-state index in [1.165, 1.54) is 25.0 Å². The summed E-state index contributed by atoms with van der Waals surface area (Å²) < 4.78 is 20.5. The van der Waals surface area contributed by atoms with E-state index in [0.717, 1.165) is 22.9 Å². The predicted octanol–water partition coefficient (Wildman–Crippen LogP) is 1.81. The molecule has 2 aromatic carbocycles. The first-order valence-corrected chi connectivity index (χ1v) is 9.59. The van der Waals surface area contributed by atoms with E-state index in [1.54, 1.807) is 6.07 Å². The summed E-state index contributed by atoms with van der Waals surface area (Å²) >= 11 is 0. The highest BCUT2D eigenvalue weighted by atomic mass is 79.9. The van der Waals surface area contributed by atoms with Crippen LogP contribution in [0.5, 0.6) is 0 Å². The zero-order valence-electron chi connectivity index (χ0n) is 16.2. The number of quaternary nitrogens is 1. The highest BCUT2D eigenvalue weighted by molar-refractivity contribution is 5.91. The predicted molar refractivity (Wildman–Crippen MR) is 104 cm³/mol. The Hall–Kier alpha value is -1.92. The first-order valence-electron chi connectivity index (χ1n) is 9.59. The average molecular weight is 449 g/mol. The van der Waals surface area contributed by atoms with Crippen LogP contribution >= 0.6 is 0 Å². The van der Waals surface area contributed by atoms with Gasteiger partial charge in [0.25, 0.3) is 0 Å². The van der Waals surface area contributed by atoms with Gasteiger partial charge in [0.05, 0.1) is 31.9 Å². The molecule has 0 spiro atoms. The summed E-state index contributed by atoms with van der Waals surface area (Å²) in [5, 5.41) is 2.82. The Morgan fingerprint density at radius 3 is 2.36 bits per heavy atom. The third-order valence-corrected chi connectivity index (χ3v) is 6.36. The summed E-state index contributed by atoms with van der Waals surface area (Å²) in [4.78, 5) is 12.5. The number of nitrogens with zero attached hydrogens (tertiary/aromatic N) is 1. The number of hydrogen-bond donors (Lipinski definition) is 1. The van der Waals surface area contributed by atoms with Crippen molar-refractivity contribution < 1.29 is 35.4 Å². The van der Waals surface area contributed by atoms with Crippen molar-refractivity contribution in [3.8, 4) is 11.1 Å². The first-order chi connectivity index (χ1) is 12.9. The summed E-state index contributed by atoms with van der Waals surface area (Å²) in [7, 11) is 4.56. The fourth-order valence-corrected chi connectivity index (χ4v) is 4.70. The number of benzene rings is 2. The zero-order valence-corrected chi connectivity index (χ0v) is 17.8. The quantitative estimate of drug-likeness (QED) is 0.727. The number of halogens is 2. The number of ether oxygens (including phenoxy) is 1. The van der Waals surface area contributed by atoms with Crippen molar-refractivity contribution >= 4 is 11.8 Å². The number of nitrogens with one attached hydrogen (secondary N) is 1. The molecular formula is C22H26BrFN2O2. The second kappa shape index (κ2) is 8.21. The fourth-order valence-electron chi connectivity index (χ4n) is 4.70. The van der Waals surface area contributed by atoms with Crippen molar-refractivity contribution in [3.63, 3.8) is 0 Å². The van der Waals surface area contributed by atoms with Crippen LogP contribution in [0.4, 0.5) is 14.9 Å². The van der Waals surface area contributed by atoms with Gasteiger partial charge in [-0.15, -0.1) is 0 Å². The molecule has 0 radical (unpaired) electrons. The van der Waals surface area contributed by atoms with Gasteiger partial charge in [0.2, 0.25) is 0 Å². The van der Waals surface area contributed by atoms with E-state index in [4.69, 9.17) is 4.74 Å². The molecule has 2 fully saturated rings. The highest BCUT2D eigenvalue weighted by Crippen LogP contribution is 2.40. The minimum Gasteiger partial charge on any atom is -1.00 e. The maximum Gasteiger partial charge on any atom is 0.411 e. The van der Waals surface area contributed by atoms with Crippen LogP contribution in [0, 0.1) is 5.82 Å². The van der Waals surface area contributed by atoms with Crippen LogP contribution in [0.2, 0.25) is 0 Å². The summed E-state index contributed by atoms with van der Waals surface area (Å²) in [5.74, 6) is -0.336. The Bertz CT molecular complexity index is 828. The molecule has 4 rings (SSSR count). The molecule has 150 valence electrons. The lowest BCUT2D eigenvalue weighted by Crippen LogP contribution is -3.00. The van der Waals surface area contributed by atoms with Gasteiger partial charge in [0.1, 0.15) is 11.9 Å². The second-order valence-electron chi connectivity index (χ2n) is 8.19. The molecule has 2 saturated heterocycles. The van der Waals surface area contributed by atoms with Crippen LogP contribution < -0.4 is 22.3 Å². The molecule has 1 amide bonds. The number of anilines is 1. The van der Waals surface area contributed by atoms with Gasteiger partial charge in [-0.1, -0.05) is 30.3 Å². The number of fused-ring (bicyclic) bond motifs is 2. The Kier molecular flexibility index (Phi) is 6.10. The number of piperidine rings is 1. The van der Waals surface area contributed by atoms with E-state index in [1.807, 2.05) is 30.3 Å². The van der Waals surface area contributed by atoms with Gasteiger partial charge in [0.15, 0.2) is 0 Å². The van der Waals surface area contributed by atoms with Crippen molar-refractivity contribution in [1.82, 2.24) is 0 Å². The van der Waals surface area contributed by atoms with Crippen LogP contribution in [0.25, 0.3) is 11.1 Å². The molecule has 6 heteroatoms. The molecule has 4 nitrogen and oxygen atoms in total. The standard InChI is InChI=1S/C22H25FN2O2.BrH/c1-25(2)17-9-10-18(25)14-19(13-17)27-22(26)24-21-11-8-16(23)12-20(21)15-6-4-3-5-7-15;/h3-8,11-12,17-19H,9-10,13-14H2,1-2H3;1H/t17-,18+,19+;. The van der Waals surface area contributed by atoms with E-state index in [-0.39, 0.29) is 28.9 Å². The van der Waals surface area contributed by atoms with Gasteiger partial charge in [-0.3, -0.25) is 5.32 Å². The number of amides is 1. The first kappa shape index (κ1) is 20.8. The molecule has 2 heterocycles. The van der Waals surface area contributed by atoms with Crippen molar-refractivity contribution in [2.75, 3.05) is 19.4 Å². The van der Waals surface area contributed by atoms with Crippen LogP contribution in [-0.2, 0) is 4.74 Å². The lowest BCUT2D eigenvalue weighted by atomic mass is 9.98. The Labute approximate surface area is 176 Å². The lowest BCUT2D eigenvalue weighted by molar-refractivity contribution is -0.931. The van der Waals surface area contributed by atoms with Gasteiger partial charge in [0, 0.05) is 31.2 Å². The maximum absolute atomic E-state index is 13.8. The number of hydrogen-bond acceptors (Lipinski definition) is 2. The Balaban J connectivity index is 0.00000225. The lowest BCUT2D eigenvalue weighted by Gasteiger charge is -2.43. The summed E-state index contributed by atoms with van der Waals surface area (Å²) in [5.41, 5.74) is 2.05. The topological polar surface area (TPSA) is 38.3 Å². The van der Waals surface area contributed by atoms with Gasteiger partial charge in [-0.25, -0.2) is 9.18 Å². The van der Waals surface area contributed by atoms with Crippen LogP contribution in [0.15, 0.2) is 48.5 Å². The van der Waals surface area contributed by atoms with Crippen LogP contribution in [-0.4, -0.2) is 42.9 Å². The molecule has 0 saturated carbocycles. The molecule has 2 bridgehead atoms. The molecule has 28 heavy (non-hydrogen) atoms. The molecule has 0 aromatic heterocycles. The molecule has 1 N–H and O–H groups in total. The minimum atomic E-state index is -0.463. The summed E-state index contributed by atoms with van der Waals surface area (Å²) in [6, 6.07) is 15.0. The molecule has 2 aromatic rings. The molecule has 2 aliphatic heterocycles. The molecular weight excluding hydrogens is 423 g/mol. The SMILES string of the molecule is C[N+]1(C)[C@@H]2CC[C@H]1C[C@@H](OC(=O)Nc1ccc(F)cc1-c1ccccc1)C2.[Br-]. The summed E-state index contributed by atoms with van der Waals surface area (Å²) in [6.07, 6.45) is 3.71.